The van der Waals surface area contributed by atoms with Crippen LogP contribution in [0.4, 0.5) is 0 Å². The molecular weight excluding hydrogens is 440 g/mol. The van der Waals surface area contributed by atoms with Gasteiger partial charge in [0.15, 0.2) is 11.0 Å². The van der Waals surface area contributed by atoms with E-state index in [1.165, 1.54) is 11.8 Å². The maximum absolute atomic E-state index is 12.3. The van der Waals surface area contributed by atoms with Gasteiger partial charge in [-0.1, -0.05) is 30.0 Å². The maximum atomic E-state index is 12.3. The predicted molar refractivity (Wildman–Crippen MR) is 123 cm³/mol. The molecule has 0 aliphatic carbocycles. The normalized spacial score (nSPS) is 10.7. The zero-order valence-electron chi connectivity index (χ0n) is 18.1. The number of carbonyl (C=O) groups is 2. The summed E-state index contributed by atoms with van der Waals surface area (Å²) in [6, 6.07) is 15.2. The van der Waals surface area contributed by atoms with Crippen molar-refractivity contribution in [2.45, 2.75) is 25.5 Å². The van der Waals surface area contributed by atoms with Gasteiger partial charge in [-0.05, 0) is 44.2 Å². The molecule has 33 heavy (non-hydrogen) atoms. The predicted octanol–water partition coefficient (Wildman–Crippen LogP) is 2.08. The van der Waals surface area contributed by atoms with Crippen molar-refractivity contribution in [2.24, 2.45) is 0 Å². The van der Waals surface area contributed by atoms with Gasteiger partial charge in [-0.2, -0.15) is 5.10 Å². The molecule has 0 spiro atoms. The molecule has 1 aromatic carbocycles. The van der Waals surface area contributed by atoms with Gasteiger partial charge in [-0.25, -0.2) is 0 Å². The lowest BCUT2D eigenvalue weighted by molar-refractivity contribution is -0.128. The zero-order chi connectivity index (χ0) is 23.2. The second-order valence-corrected chi connectivity index (χ2v) is 8.13. The Balaban J connectivity index is 1.41. The number of carbonyl (C=O) groups excluding carboxylic acids is 2. The van der Waals surface area contributed by atoms with Gasteiger partial charge in [0.1, 0.15) is 6.54 Å². The number of nitrogens with zero attached hydrogens (tertiary/aromatic N) is 6. The van der Waals surface area contributed by atoms with Gasteiger partial charge < -0.3 is 0 Å². The van der Waals surface area contributed by atoms with Crippen LogP contribution in [0.15, 0.2) is 66.1 Å². The van der Waals surface area contributed by atoms with Crippen LogP contribution >= 0.6 is 11.8 Å². The minimum absolute atomic E-state index is 0.0178. The van der Waals surface area contributed by atoms with Gasteiger partial charge >= 0.3 is 0 Å². The molecule has 0 radical (unpaired) electrons. The molecule has 0 saturated carbocycles. The number of nitrogens with one attached hydrogen (secondary N) is 2. The van der Waals surface area contributed by atoms with Crippen molar-refractivity contribution >= 4 is 23.6 Å². The highest BCUT2D eigenvalue weighted by atomic mass is 32.2. The number of hydrogen-bond donors (Lipinski definition) is 2. The number of hydrogen-bond acceptors (Lipinski definition) is 7. The Morgan fingerprint density at radius 2 is 1.79 bits per heavy atom. The third kappa shape index (κ3) is 5.44. The summed E-state index contributed by atoms with van der Waals surface area (Å²) in [6.45, 7) is 3.74. The number of aryl methyl sites for hydroxylation is 2. The third-order valence-corrected chi connectivity index (χ3v) is 5.57. The van der Waals surface area contributed by atoms with Crippen LogP contribution in [-0.2, 0) is 16.1 Å². The van der Waals surface area contributed by atoms with Crippen molar-refractivity contribution < 1.29 is 9.59 Å². The summed E-state index contributed by atoms with van der Waals surface area (Å²) in [5, 5.41) is 13.4. The number of thioether (sulfide) groups is 1. The molecule has 10 nitrogen and oxygen atoms in total. The van der Waals surface area contributed by atoms with E-state index < -0.39 is 0 Å². The van der Waals surface area contributed by atoms with Crippen LogP contribution in [0.3, 0.4) is 0 Å². The Hall–Kier alpha value is -3.99. The fourth-order valence-corrected chi connectivity index (χ4v) is 3.92. The Labute approximate surface area is 194 Å². The highest BCUT2D eigenvalue weighted by Crippen LogP contribution is 2.27. The van der Waals surface area contributed by atoms with Gasteiger partial charge in [0.05, 0.1) is 11.4 Å². The van der Waals surface area contributed by atoms with Crippen LogP contribution < -0.4 is 10.9 Å². The Kier molecular flexibility index (Phi) is 6.79. The van der Waals surface area contributed by atoms with Crippen molar-refractivity contribution in [3.63, 3.8) is 0 Å². The average molecular weight is 463 g/mol. The Morgan fingerprint density at radius 1 is 1.00 bits per heavy atom. The van der Waals surface area contributed by atoms with Crippen molar-refractivity contribution in [3.8, 4) is 17.1 Å². The quantitative estimate of drug-likeness (QED) is 0.319. The molecular formula is C22H22N8O2S. The van der Waals surface area contributed by atoms with Crippen molar-refractivity contribution in [3.05, 3.63) is 72.3 Å². The first kappa shape index (κ1) is 22.2. The molecule has 0 unspecified atom stereocenters. The molecule has 0 saturated heterocycles. The van der Waals surface area contributed by atoms with E-state index in [1.807, 2.05) is 66.9 Å². The molecule has 11 heteroatoms. The lowest BCUT2D eigenvalue weighted by Crippen LogP contribution is -2.44. The summed E-state index contributed by atoms with van der Waals surface area (Å²) in [5.74, 6) is -0.0772. The Morgan fingerprint density at radius 3 is 2.48 bits per heavy atom. The topological polar surface area (TPSA) is 120 Å². The smallest absolute Gasteiger partial charge is 0.260 e. The molecule has 0 fully saturated rings. The fourth-order valence-electron chi connectivity index (χ4n) is 3.17. The van der Waals surface area contributed by atoms with Gasteiger partial charge in [-0.15, -0.1) is 10.2 Å². The van der Waals surface area contributed by atoms with E-state index in [0.29, 0.717) is 11.0 Å². The fraction of sp³-hybridized carbons (Fsp3) is 0.182. The van der Waals surface area contributed by atoms with Gasteiger partial charge in [-0.3, -0.25) is 34.7 Å². The van der Waals surface area contributed by atoms with Crippen LogP contribution in [0.5, 0.6) is 0 Å². The summed E-state index contributed by atoms with van der Waals surface area (Å²) in [6.07, 6.45) is 3.40. The summed E-state index contributed by atoms with van der Waals surface area (Å²) in [5.41, 5.74) is 8.21. The van der Waals surface area contributed by atoms with E-state index in [1.54, 1.807) is 17.1 Å². The monoisotopic (exact) mass is 462 g/mol. The first-order chi connectivity index (χ1) is 16.0. The van der Waals surface area contributed by atoms with Gasteiger partial charge in [0.25, 0.3) is 5.91 Å². The highest BCUT2D eigenvalue weighted by molar-refractivity contribution is 7.99. The van der Waals surface area contributed by atoms with Crippen molar-refractivity contribution in [1.29, 1.82) is 0 Å². The van der Waals surface area contributed by atoms with E-state index in [4.69, 9.17) is 0 Å². The zero-order valence-corrected chi connectivity index (χ0v) is 18.9. The summed E-state index contributed by atoms with van der Waals surface area (Å²) in [7, 11) is 0. The molecule has 3 aromatic heterocycles. The van der Waals surface area contributed by atoms with Gasteiger partial charge in [0, 0.05) is 29.3 Å². The van der Waals surface area contributed by atoms with E-state index in [0.717, 1.165) is 22.6 Å². The number of amides is 2. The summed E-state index contributed by atoms with van der Waals surface area (Å²) in [4.78, 5) is 28.6. The van der Waals surface area contributed by atoms with E-state index >= 15 is 0 Å². The number of hydrazine groups is 1. The molecule has 2 N–H and O–H groups in total. The molecule has 4 aromatic rings. The number of aromatic nitrogens is 6. The maximum Gasteiger partial charge on any atom is 0.260 e. The average Bonchev–Trinajstić information content (AvgIpc) is 3.39. The molecule has 168 valence electrons. The van der Waals surface area contributed by atoms with Gasteiger partial charge in [0.2, 0.25) is 5.91 Å². The first-order valence-corrected chi connectivity index (χ1v) is 11.1. The third-order valence-electron chi connectivity index (χ3n) is 4.64. The first-order valence-electron chi connectivity index (χ1n) is 10.1. The number of pyridine rings is 1. The van der Waals surface area contributed by atoms with E-state index in [-0.39, 0.29) is 24.1 Å². The molecule has 3 heterocycles. The van der Waals surface area contributed by atoms with Crippen LogP contribution in [0.2, 0.25) is 0 Å². The van der Waals surface area contributed by atoms with Crippen LogP contribution in [0.25, 0.3) is 17.1 Å². The highest BCUT2D eigenvalue weighted by Gasteiger charge is 2.17. The van der Waals surface area contributed by atoms with Crippen LogP contribution in [-0.4, -0.2) is 47.1 Å². The minimum atomic E-state index is -0.370. The molecule has 2 amide bonds. The van der Waals surface area contributed by atoms with Crippen molar-refractivity contribution in [1.82, 2.24) is 40.4 Å². The summed E-state index contributed by atoms with van der Waals surface area (Å²) < 4.78 is 3.45. The largest absolute Gasteiger partial charge is 0.272 e. The second kappa shape index (κ2) is 10.1. The van der Waals surface area contributed by atoms with Crippen LogP contribution in [0, 0.1) is 13.8 Å². The van der Waals surface area contributed by atoms with E-state index in [2.05, 4.69) is 31.1 Å². The number of benzene rings is 1. The molecule has 0 bridgehead atoms. The lowest BCUT2D eigenvalue weighted by Gasteiger charge is -2.11. The second-order valence-electron chi connectivity index (χ2n) is 7.19. The number of para-hydroxylation sites is 1. The van der Waals surface area contributed by atoms with Crippen LogP contribution in [0.1, 0.15) is 11.4 Å². The van der Waals surface area contributed by atoms with Crippen molar-refractivity contribution in [2.75, 3.05) is 5.75 Å². The molecule has 0 aliphatic heterocycles. The summed E-state index contributed by atoms with van der Waals surface area (Å²) >= 11 is 1.21. The SMILES string of the molecule is Cc1cc(C)n(CC(=O)NNC(=O)CSc2nnc(-c3cccnc3)n2-c2ccccc2)n1. The van der Waals surface area contributed by atoms with E-state index in [9.17, 15) is 9.59 Å². The Bertz CT molecular complexity index is 1250. The molecule has 0 aliphatic rings. The standard InChI is InChI=1S/C22H22N8O2S/c1-15-11-16(2)29(28-15)13-19(31)24-25-20(32)14-33-22-27-26-21(17-7-6-10-23-12-17)30(22)18-8-4-3-5-9-18/h3-12H,13-14H2,1-2H3,(H,24,31)(H,25,32). The molecule has 0 atom stereocenters. The molecule has 4 rings (SSSR count). The minimum Gasteiger partial charge on any atom is -0.272 e. The number of rotatable bonds is 7. The lowest BCUT2D eigenvalue weighted by atomic mass is 10.2.